The summed E-state index contributed by atoms with van der Waals surface area (Å²) in [6.45, 7) is 8.42. The highest BCUT2D eigenvalue weighted by Crippen LogP contribution is 2.25. The number of aromatic nitrogens is 3. The average Bonchev–Trinajstić information content (AvgIpc) is 3.08. The van der Waals surface area contributed by atoms with Crippen LogP contribution in [0.3, 0.4) is 0 Å². The van der Waals surface area contributed by atoms with Crippen LogP contribution in [0.4, 0.5) is 4.79 Å². The number of urea groups is 1. The highest BCUT2D eigenvalue weighted by atomic mass is 16.2. The van der Waals surface area contributed by atoms with Crippen molar-refractivity contribution < 1.29 is 4.79 Å². The Bertz CT molecular complexity index is 715. The van der Waals surface area contributed by atoms with E-state index in [1.54, 1.807) is 0 Å². The molecule has 0 spiro atoms. The number of carbonyl (C=O) groups excluding carboxylic acids is 1. The molecule has 0 radical (unpaired) electrons. The number of amides is 2. The van der Waals surface area contributed by atoms with E-state index < -0.39 is 0 Å². The molecule has 3 rings (SSSR count). The molecule has 1 aliphatic rings. The van der Waals surface area contributed by atoms with Crippen molar-refractivity contribution in [3.8, 4) is 0 Å². The molecule has 1 atom stereocenters. The van der Waals surface area contributed by atoms with Gasteiger partial charge in [-0.25, -0.2) is 4.79 Å². The first kappa shape index (κ1) is 15.6. The summed E-state index contributed by atoms with van der Waals surface area (Å²) in [6, 6.07) is 4.26. The van der Waals surface area contributed by atoms with Gasteiger partial charge in [-0.05, 0) is 44.9 Å². The van der Waals surface area contributed by atoms with Crippen LogP contribution < -0.4 is 5.32 Å². The summed E-state index contributed by atoms with van der Waals surface area (Å²) in [5.74, 6) is 0. The molecule has 6 nitrogen and oxygen atoms in total. The highest BCUT2D eigenvalue weighted by Gasteiger charge is 2.27. The molecule has 23 heavy (non-hydrogen) atoms. The van der Waals surface area contributed by atoms with Gasteiger partial charge in [0.15, 0.2) is 0 Å². The second kappa shape index (κ2) is 6.10. The molecule has 1 unspecified atom stereocenters. The molecule has 3 heterocycles. The van der Waals surface area contributed by atoms with Gasteiger partial charge < -0.3 is 14.8 Å². The Morgan fingerprint density at radius 2 is 2.17 bits per heavy atom. The van der Waals surface area contributed by atoms with Crippen molar-refractivity contribution in [3.63, 3.8) is 0 Å². The minimum Gasteiger partial charge on any atom is -0.348 e. The van der Waals surface area contributed by atoms with Crippen LogP contribution in [0, 0.1) is 13.8 Å². The largest absolute Gasteiger partial charge is 0.348 e. The lowest BCUT2D eigenvalue weighted by molar-refractivity contribution is 0.162. The van der Waals surface area contributed by atoms with E-state index in [4.69, 9.17) is 0 Å². The second-order valence-electron chi connectivity index (χ2n) is 6.25. The van der Waals surface area contributed by atoms with E-state index in [2.05, 4.69) is 41.1 Å². The van der Waals surface area contributed by atoms with E-state index in [9.17, 15) is 4.79 Å². The lowest BCUT2D eigenvalue weighted by atomic mass is 10.1. The van der Waals surface area contributed by atoms with E-state index in [0.29, 0.717) is 6.54 Å². The first-order valence-corrected chi connectivity index (χ1v) is 8.17. The zero-order valence-corrected chi connectivity index (χ0v) is 14.3. The third kappa shape index (κ3) is 2.85. The lowest BCUT2D eigenvalue weighted by Crippen LogP contribution is -2.46. The molecule has 124 valence electrons. The Morgan fingerprint density at radius 1 is 1.39 bits per heavy atom. The van der Waals surface area contributed by atoms with Crippen LogP contribution >= 0.6 is 0 Å². The minimum absolute atomic E-state index is 0.0177. The summed E-state index contributed by atoms with van der Waals surface area (Å²) >= 11 is 0. The Kier molecular flexibility index (Phi) is 4.15. The van der Waals surface area contributed by atoms with Crippen molar-refractivity contribution in [1.82, 2.24) is 24.6 Å². The van der Waals surface area contributed by atoms with Gasteiger partial charge in [0.2, 0.25) is 0 Å². The average molecular weight is 315 g/mol. The fourth-order valence-corrected chi connectivity index (χ4v) is 3.43. The summed E-state index contributed by atoms with van der Waals surface area (Å²) in [7, 11) is 1.95. The minimum atomic E-state index is 0.0177. The molecular formula is C17H25N5O. The van der Waals surface area contributed by atoms with E-state index >= 15 is 0 Å². The van der Waals surface area contributed by atoms with E-state index in [1.807, 2.05) is 29.6 Å². The van der Waals surface area contributed by atoms with E-state index in [1.165, 1.54) is 17.0 Å². The molecule has 2 aromatic rings. The molecule has 0 aliphatic carbocycles. The zero-order valence-electron chi connectivity index (χ0n) is 14.3. The van der Waals surface area contributed by atoms with Crippen molar-refractivity contribution in [2.45, 2.75) is 39.8 Å². The smallest absolute Gasteiger partial charge is 0.318 e. The normalized spacial score (nSPS) is 17.2. The third-order valence-corrected chi connectivity index (χ3v) is 4.91. The molecule has 6 heteroatoms. The van der Waals surface area contributed by atoms with Gasteiger partial charge in [-0.1, -0.05) is 0 Å². The third-order valence-electron chi connectivity index (χ3n) is 4.91. The van der Waals surface area contributed by atoms with Crippen LogP contribution in [0.25, 0.3) is 0 Å². The van der Waals surface area contributed by atoms with Crippen molar-refractivity contribution >= 4 is 6.03 Å². The predicted molar refractivity (Wildman–Crippen MR) is 89.3 cm³/mol. The summed E-state index contributed by atoms with van der Waals surface area (Å²) < 4.78 is 4.12. The summed E-state index contributed by atoms with van der Waals surface area (Å²) in [5, 5.41) is 7.48. The van der Waals surface area contributed by atoms with Gasteiger partial charge >= 0.3 is 6.03 Å². The maximum absolute atomic E-state index is 12.5. The van der Waals surface area contributed by atoms with Crippen LogP contribution in [-0.4, -0.2) is 38.4 Å². The van der Waals surface area contributed by atoms with Crippen LogP contribution in [0.5, 0.6) is 0 Å². The Labute approximate surface area is 137 Å². The van der Waals surface area contributed by atoms with E-state index in [0.717, 1.165) is 25.2 Å². The SMILES string of the molecule is Cc1nn(C)c(C)c1CCNC(=O)N1CCn2cccc2C1C. The van der Waals surface area contributed by atoms with Crippen LogP contribution in [0.1, 0.15) is 35.6 Å². The topological polar surface area (TPSA) is 55.1 Å². The summed E-state index contributed by atoms with van der Waals surface area (Å²) in [4.78, 5) is 14.4. The Morgan fingerprint density at radius 3 is 2.87 bits per heavy atom. The molecule has 1 aliphatic heterocycles. The molecule has 0 fully saturated rings. The fraction of sp³-hybridized carbons (Fsp3) is 0.529. The lowest BCUT2D eigenvalue weighted by Gasteiger charge is -2.34. The quantitative estimate of drug-likeness (QED) is 0.944. The molecule has 0 saturated carbocycles. The first-order valence-electron chi connectivity index (χ1n) is 8.17. The molecule has 2 amide bonds. The standard InChI is InChI=1S/C17H25N5O/c1-12-15(13(2)20(4)19-12)7-8-18-17(23)22-11-10-21-9-5-6-16(21)14(22)3/h5-6,9,14H,7-8,10-11H2,1-4H3,(H,18,23). The van der Waals surface area contributed by atoms with Crippen molar-refractivity contribution in [1.29, 1.82) is 0 Å². The summed E-state index contributed by atoms with van der Waals surface area (Å²) in [5.41, 5.74) is 4.64. The maximum Gasteiger partial charge on any atom is 0.318 e. The van der Waals surface area contributed by atoms with Crippen molar-refractivity contribution in [2.75, 3.05) is 13.1 Å². The van der Waals surface area contributed by atoms with Crippen molar-refractivity contribution in [3.05, 3.63) is 41.0 Å². The number of nitrogens with zero attached hydrogens (tertiary/aromatic N) is 4. The molecule has 0 aromatic carbocycles. The monoisotopic (exact) mass is 315 g/mol. The van der Waals surface area contributed by atoms with Crippen molar-refractivity contribution in [2.24, 2.45) is 7.05 Å². The van der Waals surface area contributed by atoms with Gasteiger partial charge in [-0.15, -0.1) is 0 Å². The van der Waals surface area contributed by atoms with Gasteiger partial charge in [-0.3, -0.25) is 4.68 Å². The van der Waals surface area contributed by atoms with Crippen LogP contribution in [-0.2, 0) is 20.0 Å². The Hall–Kier alpha value is -2.24. The number of aryl methyl sites for hydroxylation is 2. The van der Waals surface area contributed by atoms with Crippen LogP contribution in [0.2, 0.25) is 0 Å². The van der Waals surface area contributed by atoms with E-state index in [-0.39, 0.29) is 12.1 Å². The molecule has 0 saturated heterocycles. The number of fused-ring (bicyclic) bond motifs is 1. The van der Waals surface area contributed by atoms with Crippen LogP contribution in [0.15, 0.2) is 18.3 Å². The van der Waals surface area contributed by atoms with Gasteiger partial charge in [0, 0.05) is 44.3 Å². The predicted octanol–water partition coefficient (Wildman–Crippen LogP) is 2.17. The fourth-order valence-electron chi connectivity index (χ4n) is 3.43. The molecule has 0 bridgehead atoms. The number of rotatable bonds is 3. The molecule has 1 N–H and O–H groups in total. The number of carbonyl (C=O) groups is 1. The van der Waals surface area contributed by atoms with Gasteiger partial charge in [-0.2, -0.15) is 5.10 Å². The molecular weight excluding hydrogens is 290 g/mol. The van der Waals surface area contributed by atoms with Gasteiger partial charge in [0.1, 0.15) is 0 Å². The van der Waals surface area contributed by atoms with Gasteiger partial charge in [0.25, 0.3) is 0 Å². The zero-order chi connectivity index (χ0) is 16.6. The maximum atomic E-state index is 12.5. The summed E-state index contributed by atoms with van der Waals surface area (Å²) in [6.07, 6.45) is 2.89. The second-order valence-corrected chi connectivity index (χ2v) is 6.25. The number of nitrogens with one attached hydrogen (secondary N) is 1. The first-order chi connectivity index (χ1) is 11.0. The Balaban J connectivity index is 1.58. The number of hydrogen-bond acceptors (Lipinski definition) is 2. The number of hydrogen-bond donors (Lipinski definition) is 1. The highest BCUT2D eigenvalue weighted by molar-refractivity contribution is 5.74. The molecule has 2 aromatic heterocycles. The van der Waals surface area contributed by atoms with Gasteiger partial charge in [0.05, 0.1) is 11.7 Å².